The molecule has 0 unspecified atom stereocenters. The summed E-state index contributed by atoms with van der Waals surface area (Å²) in [5.41, 5.74) is 15.5. The summed E-state index contributed by atoms with van der Waals surface area (Å²) < 4.78 is 4.78. The van der Waals surface area contributed by atoms with Crippen LogP contribution in [-0.2, 0) is 0 Å². The van der Waals surface area contributed by atoms with Crippen molar-refractivity contribution in [3.05, 3.63) is 212 Å². The molecule has 0 spiro atoms. The van der Waals surface area contributed by atoms with Crippen LogP contribution in [0, 0.1) is 0 Å². The number of hydrogen-bond donors (Lipinski definition) is 1. The summed E-state index contributed by atoms with van der Waals surface area (Å²) in [6.07, 6.45) is 7.81. The first-order valence-corrected chi connectivity index (χ1v) is 25.7. The number of aliphatic imine (C=N–C) groups is 2. The normalized spacial score (nSPS) is 16.5. The van der Waals surface area contributed by atoms with Crippen molar-refractivity contribution in [3.8, 4) is 44.8 Å². The van der Waals surface area contributed by atoms with Crippen molar-refractivity contribution in [1.29, 1.82) is 0 Å². The van der Waals surface area contributed by atoms with Crippen molar-refractivity contribution in [2.45, 2.75) is 77.5 Å². The molecule has 0 saturated heterocycles. The van der Waals surface area contributed by atoms with E-state index in [1.807, 2.05) is 24.8 Å². The van der Waals surface area contributed by atoms with Crippen LogP contribution >= 0.6 is 0 Å². The summed E-state index contributed by atoms with van der Waals surface area (Å²) in [6, 6.07) is 64.0. The fourth-order valence-corrected chi connectivity index (χ4v) is 11.2. The van der Waals surface area contributed by atoms with Gasteiger partial charge in [-0.25, -0.2) is 0 Å². The molecule has 2 aliphatic rings. The standard InChI is InChI=1S/C66H58N8/c1-63(2)64(3,4)70-61(69-63)48-32-46(38-67-40-48)44-26-30-59-55(36-44)53-34-42(24-28-57(53)72(59)50-18-12-9-13-19-50)43-25-29-58-54(35-43)56-37-45(27-31-60(56)73(58)51-20-14-10-15-21-51)47-33-49(41-68-39-47)62-71-65(5,6)66(7,8)74(62)52-22-16-11-17-23-52/h9-41H,1-8H3,(H,69,70). The molecule has 4 aromatic heterocycles. The Labute approximate surface area is 432 Å². The molecular formula is C66H58N8. The topological polar surface area (TPSA) is 75.6 Å². The number of hydrogen-bond acceptors (Lipinski definition) is 6. The Morgan fingerprint density at radius 2 is 0.730 bits per heavy atom. The van der Waals surface area contributed by atoms with Crippen LogP contribution < -0.4 is 10.2 Å². The van der Waals surface area contributed by atoms with Crippen molar-refractivity contribution in [3.63, 3.8) is 0 Å². The van der Waals surface area contributed by atoms with E-state index in [4.69, 9.17) is 20.0 Å². The van der Waals surface area contributed by atoms with Gasteiger partial charge in [0, 0.05) is 85.6 Å². The molecule has 8 heteroatoms. The second kappa shape index (κ2) is 16.5. The number of pyridine rings is 2. The number of fused-ring (bicyclic) bond motifs is 6. The van der Waals surface area contributed by atoms with E-state index in [9.17, 15) is 0 Å². The average Bonchev–Trinajstić information content (AvgIpc) is 4.06. The number of aromatic nitrogens is 4. The van der Waals surface area contributed by atoms with Crippen LogP contribution in [-0.4, -0.2) is 52.9 Å². The predicted molar refractivity (Wildman–Crippen MR) is 308 cm³/mol. The van der Waals surface area contributed by atoms with E-state index < -0.39 is 0 Å². The molecule has 0 saturated carbocycles. The minimum atomic E-state index is -0.334. The second-order valence-electron chi connectivity index (χ2n) is 22.2. The number of nitrogens with zero attached hydrogens (tertiary/aromatic N) is 7. The molecule has 8 nitrogen and oxygen atoms in total. The van der Waals surface area contributed by atoms with Gasteiger partial charge in [0.1, 0.15) is 11.7 Å². The second-order valence-corrected chi connectivity index (χ2v) is 22.2. The fraction of sp³-hybridized carbons (Fsp3) is 0.182. The Hall–Kier alpha value is -8.62. The van der Waals surface area contributed by atoms with E-state index in [0.717, 1.165) is 95.3 Å². The lowest BCUT2D eigenvalue weighted by molar-refractivity contribution is 0.310. The molecule has 0 amide bonds. The third kappa shape index (κ3) is 7.10. The van der Waals surface area contributed by atoms with Gasteiger partial charge in [-0.05, 0) is 175 Å². The highest BCUT2D eigenvalue weighted by molar-refractivity contribution is 6.15. The lowest BCUT2D eigenvalue weighted by atomic mass is 9.83. The maximum atomic E-state index is 5.39. The molecule has 7 aromatic carbocycles. The van der Waals surface area contributed by atoms with Gasteiger partial charge in [0.15, 0.2) is 0 Å². The molecule has 0 bridgehead atoms. The molecule has 1 N–H and O–H groups in total. The van der Waals surface area contributed by atoms with Crippen molar-refractivity contribution < 1.29 is 0 Å². The Bertz CT molecular complexity index is 4100. The first kappa shape index (κ1) is 45.3. The number of para-hydroxylation sites is 3. The van der Waals surface area contributed by atoms with Gasteiger partial charge in [-0.2, -0.15) is 0 Å². The monoisotopic (exact) mass is 962 g/mol. The smallest absolute Gasteiger partial charge is 0.138 e. The van der Waals surface area contributed by atoms with E-state index in [2.05, 4.69) is 251 Å². The van der Waals surface area contributed by atoms with E-state index in [-0.39, 0.29) is 22.2 Å². The lowest BCUT2D eigenvalue weighted by Gasteiger charge is -2.41. The number of anilines is 1. The first-order valence-electron chi connectivity index (χ1n) is 25.7. The lowest BCUT2D eigenvalue weighted by Crippen LogP contribution is -2.53. The third-order valence-corrected chi connectivity index (χ3v) is 16.6. The van der Waals surface area contributed by atoms with Crippen LogP contribution in [0.25, 0.3) is 88.4 Å². The molecule has 0 fully saturated rings. The fourth-order valence-electron chi connectivity index (χ4n) is 11.2. The van der Waals surface area contributed by atoms with Crippen LogP contribution in [0.1, 0.15) is 66.5 Å². The van der Waals surface area contributed by atoms with Crippen molar-refractivity contribution in [2.24, 2.45) is 9.98 Å². The van der Waals surface area contributed by atoms with E-state index in [0.29, 0.717) is 0 Å². The van der Waals surface area contributed by atoms with Gasteiger partial charge >= 0.3 is 0 Å². The van der Waals surface area contributed by atoms with Gasteiger partial charge in [-0.3, -0.25) is 20.0 Å². The van der Waals surface area contributed by atoms with Gasteiger partial charge in [-0.1, -0.05) is 78.9 Å². The summed E-state index contributed by atoms with van der Waals surface area (Å²) >= 11 is 0. The highest BCUT2D eigenvalue weighted by Crippen LogP contribution is 2.44. The Balaban J connectivity index is 0.946. The molecule has 0 aliphatic carbocycles. The molecule has 11 aromatic rings. The van der Waals surface area contributed by atoms with E-state index >= 15 is 0 Å². The van der Waals surface area contributed by atoms with Gasteiger partial charge < -0.3 is 19.4 Å². The number of benzene rings is 7. The zero-order chi connectivity index (χ0) is 50.7. The molecule has 2 aliphatic heterocycles. The van der Waals surface area contributed by atoms with Crippen molar-refractivity contribution in [2.75, 3.05) is 4.90 Å². The highest BCUT2D eigenvalue weighted by atomic mass is 15.3. The van der Waals surface area contributed by atoms with Gasteiger partial charge in [0.05, 0.1) is 44.2 Å². The Morgan fingerprint density at radius 3 is 1.15 bits per heavy atom. The molecule has 0 radical (unpaired) electrons. The zero-order valence-corrected chi connectivity index (χ0v) is 43.2. The van der Waals surface area contributed by atoms with Gasteiger partial charge in [-0.15, -0.1) is 0 Å². The Morgan fingerprint density at radius 1 is 0.351 bits per heavy atom. The first-order chi connectivity index (χ1) is 35.7. The largest absolute Gasteiger partial charge is 0.363 e. The summed E-state index contributed by atoms with van der Waals surface area (Å²) in [6.45, 7) is 17.8. The van der Waals surface area contributed by atoms with Crippen molar-refractivity contribution in [1.82, 2.24) is 24.4 Å². The maximum absolute atomic E-state index is 5.39. The SMILES string of the molecule is CC1(C)N=C(c2cncc(-c3ccc4c(c3)c3cc(-c5ccc6c(c5)c5cc(-c7cncc(C8=NC(C)(C)C(C)(C)N8c8ccccc8)c7)ccc5n6-c5ccccc5)ccc3n4-c3ccccc3)c2)NC1(C)C. The highest BCUT2D eigenvalue weighted by Gasteiger charge is 2.50. The Kier molecular flexibility index (Phi) is 10.1. The maximum Gasteiger partial charge on any atom is 0.138 e. The van der Waals surface area contributed by atoms with E-state index in [1.165, 1.54) is 21.5 Å². The van der Waals surface area contributed by atoms with Crippen LogP contribution in [0.4, 0.5) is 5.69 Å². The number of amidine groups is 2. The van der Waals surface area contributed by atoms with E-state index in [1.54, 1.807) is 0 Å². The zero-order valence-electron chi connectivity index (χ0n) is 43.2. The molecule has 6 heterocycles. The molecular weight excluding hydrogens is 905 g/mol. The summed E-state index contributed by atoms with van der Waals surface area (Å²) in [7, 11) is 0. The average molecular weight is 963 g/mol. The van der Waals surface area contributed by atoms with Crippen LogP contribution in [0.5, 0.6) is 0 Å². The molecule has 13 rings (SSSR count). The summed E-state index contributed by atoms with van der Waals surface area (Å²) in [5, 5.41) is 8.39. The third-order valence-electron chi connectivity index (χ3n) is 16.6. The van der Waals surface area contributed by atoms with Gasteiger partial charge in [0.25, 0.3) is 0 Å². The van der Waals surface area contributed by atoms with Crippen LogP contribution in [0.3, 0.4) is 0 Å². The molecule has 0 atom stereocenters. The van der Waals surface area contributed by atoms with Gasteiger partial charge in [0.2, 0.25) is 0 Å². The van der Waals surface area contributed by atoms with Crippen LogP contribution in [0.15, 0.2) is 211 Å². The predicted octanol–water partition coefficient (Wildman–Crippen LogP) is 15.4. The summed E-state index contributed by atoms with van der Waals surface area (Å²) in [4.78, 5) is 22.5. The molecule has 362 valence electrons. The number of rotatable bonds is 8. The van der Waals surface area contributed by atoms with Crippen LogP contribution in [0.2, 0.25) is 0 Å². The number of nitrogens with one attached hydrogen (secondary N) is 1. The summed E-state index contributed by atoms with van der Waals surface area (Å²) in [5.74, 6) is 1.81. The minimum Gasteiger partial charge on any atom is -0.363 e. The molecule has 74 heavy (non-hydrogen) atoms. The minimum absolute atomic E-state index is 0.182. The van der Waals surface area contributed by atoms with Crippen molar-refractivity contribution >= 4 is 61.0 Å². The quantitative estimate of drug-likeness (QED) is 0.165.